The van der Waals surface area contributed by atoms with Crippen LogP contribution in [0.4, 0.5) is 0 Å². The predicted molar refractivity (Wildman–Crippen MR) is 83.9 cm³/mol. The molecule has 0 saturated heterocycles. The normalized spacial score (nSPS) is 17.8. The molecule has 1 atom stereocenters. The van der Waals surface area contributed by atoms with Gasteiger partial charge in [0.15, 0.2) is 0 Å². The summed E-state index contributed by atoms with van der Waals surface area (Å²) < 4.78 is 5.34. The molecular weight excluding hydrogens is 248 g/mol. The van der Waals surface area contributed by atoms with E-state index in [1.54, 1.807) is 7.11 Å². The van der Waals surface area contributed by atoms with Crippen molar-refractivity contribution in [1.29, 1.82) is 0 Å². The van der Waals surface area contributed by atoms with Gasteiger partial charge in [-0.3, -0.25) is 0 Å². The molecule has 1 aliphatic rings. The van der Waals surface area contributed by atoms with Crippen LogP contribution in [0.25, 0.3) is 0 Å². The molecule has 1 N–H and O–H groups in total. The summed E-state index contributed by atoms with van der Waals surface area (Å²) in [7, 11) is 4.02. The lowest BCUT2D eigenvalue weighted by Gasteiger charge is -2.26. The Labute approximate surface area is 123 Å². The Bertz CT molecular complexity index is 363. The fourth-order valence-corrected chi connectivity index (χ4v) is 3.07. The largest absolute Gasteiger partial charge is 0.383 e. The third-order valence-electron chi connectivity index (χ3n) is 4.34. The van der Waals surface area contributed by atoms with Crippen LogP contribution in [0.1, 0.15) is 37.3 Å². The van der Waals surface area contributed by atoms with Crippen LogP contribution in [-0.2, 0) is 4.74 Å². The van der Waals surface area contributed by atoms with Gasteiger partial charge in [-0.05, 0) is 25.5 Å². The van der Waals surface area contributed by atoms with Crippen LogP contribution in [0.15, 0.2) is 30.3 Å². The highest BCUT2D eigenvalue weighted by Crippen LogP contribution is 2.22. The van der Waals surface area contributed by atoms with E-state index < -0.39 is 0 Å². The molecule has 1 aromatic rings. The summed E-state index contributed by atoms with van der Waals surface area (Å²) in [4.78, 5) is 2.51. The van der Waals surface area contributed by atoms with Gasteiger partial charge in [-0.1, -0.05) is 43.2 Å². The van der Waals surface area contributed by atoms with E-state index in [0.29, 0.717) is 0 Å². The molecule has 0 bridgehead atoms. The number of likely N-dealkylation sites (N-methyl/N-ethyl adjacent to an activating group) is 1. The zero-order chi connectivity index (χ0) is 14.2. The summed E-state index contributed by atoms with van der Waals surface area (Å²) in [6.45, 7) is 2.84. The summed E-state index contributed by atoms with van der Waals surface area (Å²) in [6.07, 6.45) is 5.55. The molecular formula is C17H28N2O. The first kappa shape index (κ1) is 15.5. The number of nitrogens with one attached hydrogen (secondary N) is 1. The SMILES string of the molecule is COCC(NCCN(C)C1CCCC1)c1ccccc1. The van der Waals surface area contributed by atoms with Crippen LogP contribution in [0.5, 0.6) is 0 Å². The summed E-state index contributed by atoms with van der Waals surface area (Å²) in [6, 6.07) is 11.7. The number of benzene rings is 1. The second-order valence-corrected chi connectivity index (χ2v) is 5.79. The van der Waals surface area contributed by atoms with Gasteiger partial charge in [0.1, 0.15) is 0 Å². The van der Waals surface area contributed by atoms with Crippen molar-refractivity contribution < 1.29 is 4.74 Å². The molecule has 0 aliphatic heterocycles. The van der Waals surface area contributed by atoms with Crippen LogP contribution >= 0.6 is 0 Å². The minimum absolute atomic E-state index is 0.290. The maximum atomic E-state index is 5.34. The molecule has 1 fully saturated rings. The lowest BCUT2D eigenvalue weighted by molar-refractivity contribution is 0.162. The van der Waals surface area contributed by atoms with Crippen molar-refractivity contribution in [1.82, 2.24) is 10.2 Å². The van der Waals surface area contributed by atoms with Crippen molar-refractivity contribution >= 4 is 0 Å². The van der Waals surface area contributed by atoms with Crippen LogP contribution in [0.2, 0.25) is 0 Å². The molecule has 3 heteroatoms. The van der Waals surface area contributed by atoms with Crippen molar-refractivity contribution in [2.24, 2.45) is 0 Å². The topological polar surface area (TPSA) is 24.5 Å². The molecule has 0 spiro atoms. The Morgan fingerprint density at radius 2 is 1.95 bits per heavy atom. The summed E-state index contributed by atoms with van der Waals surface area (Å²) >= 11 is 0. The lowest BCUT2D eigenvalue weighted by atomic mass is 10.1. The van der Waals surface area contributed by atoms with E-state index in [2.05, 4.69) is 47.6 Å². The van der Waals surface area contributed by atoms with Gasteiger partial charge in [0.2, 0.25) is 0 Å². The van der Waals surface area contributed by atoms with Crippen LogP contribution in [0.3, 0.4) is 0 Å². The Balaban J connectivity index is 1.77. The number of methoxy groups -OCH3 is 1. The van der Waals surface area contributed by atoms with E-state index in [0.717, 1.165) is 25.7 Å². The smallest absolute Gasteiger partial charge is 0.0657 e. The fraction of sp³-hybridized carbons (Fsp3) is 0.647. The van der Waals surface area contributed by atoms with Gasteiger partial charge >= 0.3 is 0 Å². The molecule has 0 aromatic heterocycles. The van der Waals surface area contributed by atoms with E-state index in [9.17, 15) is 0 Å². The third kappa shape index (κ3) is 4.58. The zero-order valence-corrected chi connectivity index (χ0v) is 12.8. The quantitative estimate of drug-likeness (QED) is 0.790. The molecule has 0 heterocycles. The van der Waals surface area contributed by atoms with E-state index in [4.69, 9.17) is 4.74 Å². The third-order valence-corrected chi connectivity index (χ3v) is 4.34. The van der Waals surface area contributed by atoms with Crippen molar-refractivity contribution in [2.45, 2.75) is 37.8 Å². The van der Waals surface area contributed by atoms with Crippen molar-refractivity contribution in [3.05, 3.63) is 35.9 Å². The van der Waals surface area contributed by atoms with Crippen LogP contribution < -0.4 is 5.32 Å². The van der Waals surface area contributed by atoms with Crippen molar-refractivity contribution in [2.75, 3.05) is 33.9 Å². The number of nitrogens with zero attached hydrogens (tertiary/aromatic N) is 1. The predicted octanol–water partition coefficient (Wildman–Crippen LogP) is 2.84. The highest BCUT2D eigenvalue weighted by Gasteiger charge is 2.19. The Morgan fingerprint density at radius 3 is 2.60 bits per heavy atom. The van der Waals surface area contributed by atoms with Crippen LogP contribution in [-0.4, -0.2) is 44.8 Å². The van der Waals surface area contributed by atoms with Crippen molar-refractivity contribution in [3.8, 4) is 0 Å². The van der Waals surface area contributed by atoms with E-state index in [-0.39, 0.29) is 6.04 Å². The monoisotopic (exact) mass is 276 g/mol. The fourth-order valence-electron chi connectivity index (χ4n) is 3.07. The summed E-state index contributed by atoms with van der Waals surface area (Å²) in [5.74, 6) is 0. The number of rotatable bonds is 8. The molecule has 1 aliphatic carbocycles. The molecule has 3 nitrogen and oxygen atoms in total. The molecule has 20 heavy (non-hydrogen) atoms. The van der Waals surface area contributed by atoms with E-state index in [1.165, 1.54) is 31.2 Å². The standard InChI is InChI=1S/C17H28N2O/c1-19(16-10-6-7-11-16)13-12-18-17(14-20-2)15-8-4-3-5-9-15/h3-5,8-9,16-18H,6-7,10-14H2,1-2H3. The highest BCUT2D eigenvalue weighted by molar-refractivity contribution is 5.18. The average Bonchev–Trinajstić information content (AvgIpc) is 3.01. The molecule has 112 valence electrons. The summed E-state index contributed by atoms with van der Waals surface area (Å²) in [5, 5.41) is 3.62. The van der Waals surface area contributed by atoms with Gasteiger partial charge in [-0.2, -0.15) is 0 Å². The Hall–Kier alpha value is -0.900. The van der Waals surface area contributed by atoms with Gasteiger partial charge in [-0.15, -0.1) is 0 Å². The lowest BCUT2D eigenvalue weighted by Crippen LogP contribution is -2.37. The first-order valence-corrected chi connectivity index (χ1v) is 7.78. The first-order valence-electron chi connectivity index (χ1n) is 7.78. The molecule has 1 unspecified atom stereocenters. The Morgan fingerprint density at radius 1 is 1.25 bits per heavy atom. The van der Waals surface area contributed by atoms with Gasteiger partial charge in [0.25, 0.3) is 0 Å². The van der Waals surface area contributed by atoms with E-state index in [1.807, 2.05) is 0 Å². The highest BCUT2D eigenvalue weighted by atomic mass is 16.5. The maximum Gasteiger partial charge on any atom is 0.0657 e. The maximum absolute atomic E-state index is 5.34. The van der Waals surface area contributed by atoms with Gasteiger partial charge in [0.05, 0.1) is 12.6 Å². The second kappa shape index (κ2) is 8.40. The van der Waals surface area contributed by atoms with Gasteiger partial charge in [-0.25, -0.2) is 0 Å². The Kier molecular flexibility index (Phi) is 6.51. The average molecular weight is 276 g/mol. The number of hydrogen-bond donors (Lipinski definition) is 1. The second-order valence-electron chi connectivity index (χ2n) is 5.79. The summed E-state index contributed by atoms with van der Waals surface area (Å²) in [5.41, 5.74) is 1.30. The molecule has 1 saturated carbocycles. The van der Waals surface area contributed by atoms with E-state index >= 15 is 0 Å². The number of hydrogen-bond acceptors (Lipinski definition) is 3. The molecule has 1 aromatic carbocycles. The molecule has 0 amide bonds. The first-order chi connectivity index (χ1) is 9.81. The van der Waals surface area contributed by atoms with Gasteiger partial charge < -0.3 is 15.0 Å². The minimum atomic E-state index is 0.290. The van der Waals surface area contributed by atoms with Crippen molar-refractivity contribution in [3.63, 3.8) is 0 Å². The zero-order valence-electron chi connectivity index (χ0n) is 12.8. The number of ether oxygens (including phenoxy) is 1. The minimum Gasteiger partial charge on any atom is -0.383 e. The van der Waals surface area contributed by atoms with Crippen LogP contribution in [0, 0.1) is 0 Å². The molecule has 0 radical (unpaired) electrons. The van der Waals surface area contributed by atoms with Gasteiger partial charge in [0, 0.05) is 26.2 Å². The molecule has 2 rings (SSSR count).